The Morgan fingerprint density at radius 3 is 2.22 bits per heavy atom. The quantitative estimate of drug-likeness (QED) is 0.444. The van der Waals surface area contributed by atoms with Crippen molar-refractivity contribution in [2.45, 2.75) is 23.8 Å². The van der Waals surface area contributed by atoms with Gasteiger partial charge in [-0.15, -0.1) is 24.8 Å². The molecule has 154 valence electrons. The number of carbonyl (C=O) groups excluding carboxylic acids is 1. The minimum Gasteiger partial charge on any atom is -0.496 e. The molecule has 1 heterocycles. The predicted molar refractivity (Wildman–Crippen MR) is 110 cm³/mol. The van der Waals surface area contributed by atoms with Crippen molar-refractivity contribution in [3.05, 3.63) is 17.7 Å². The Kier molecular flexibility index (Phi) is 9.33. The third-order valence-electron chi connectivity index (χ3n) is 4.02. The second kappa shape index (κ2) is 9.98. The van der Waals surface area contributed by atoms with Gasteiger partial charge in [0.15, 0.2) is 15.8 Å². The fourth-order valence-corrected chi connectivity index (χ4v) is 3.65. The summed E-state index contributed by atoms with van der Waals surface area (Å²) in [6.07, 6.45) is 2.59. The second-order valence-corrected chi connectivity index (χ2v) is 7.94. The summed E-state index contributed by atoms with van der Waals surface area (Å²) in [7, 11) is -2.21. The van der Waals surface area contributed by atoms with Crippen LogP contribution < -0.4 is 26.8 Å². The molecule has 12 heteroatoms. The molecule has 0 bridgehead atoms. The number of hydrogen-bond donors (Lipinski definition) is 3. The van der Waals surface area contributed by atoms with Crippen molar-refractivity contribution in [1.82, 2.24) is 0 Å². The van der Waals surface area contributed by atoms with Crippen molar-refractivity contribution in [2.75, 3.05) is 31.4 Å². The molecule has 0 aromatic heterocycles. The first-order chi connectivity index (χ1) is 11.6. The number of amides is 1. The van der Waals surface area contributed by atoms with Gasteiger partial charge in [0.2, 0.25) is 0 Å². The molecule has 2 rings (SSSR count). The van der Waals surface area contributed by atoms with Gasteiger partial charge >= 0.3 is 0 Å². The summed E-state index contributed by atoms with van der Waals surface area (Å²) >= 11 is 0. The molecule has 6 N–H and O–H groups in total. The van der Waals surface area contributed by atoms with Gasteiger partial charge in [-0.2, -0.15) is 4.99 Å². The maximum absolute atomic E-state index is 12.3. The number of methoxy groups -OCH3 is 1. The summed E-state index contributed by atoms with van der Waals surface area (Å²) in [6.45, 7) is 1.24. The van der Waals surface area contributed by atoms with Crippen LogP contribution in [0.1, 0.15) is 23.2 Å². The van der Waals surface area contributed by atoms with E-state index in [0.717, 1.165) is 19.1 Å². The van der Waals surface area contributed by atoms with Crippen LogP contribution in [0.5, 0.6) is 5.75 Å². The smallest absolute Gasteiger partial charge is 0.283 e. The molecule has 1 aliphatic heterocycles. The number of piperidine rings is 1. The Morgan fingerprint density at radius 1 is 1.22 bits per heavy atom. The number of halogens is 2. The highest BCUT2D eigenvalue weighted by atomic mass is 35.5. The van der Waals surface area contributed by atoms with Gasteiger partial charge in [-0.05, 0) is 18.9 Å². The fourth-order valence-electron chi connectivity index (χ4n) is 2.75. The standard InChI is InChI=1S/C15H23N5O4S.2ClH/c1-24-12-8-11(20-5-3-9(16)4-6-20)13(25(2,22)23)7-10(12)14(21)19-15(17)18;;/h7-9H,3-6,16H2,1-2H3,(H4,17,18,19,21);2*1H. The topological polar surface area (TPSA) is 154 Å². The minimum absolute atomic E-state index is 0. The number of benzene rings is 1. The lowest BCUT2D eigenvalue weighted by atomic mass is 10.0. The highest BCUT2D eigenvalue weighted by Gasteiger charge is 2.26. The number of ether oxygens (including phenoxy) is 1. The average molecular weight is 442 g/mol. The fraction of sp³-hybridized carbons (Fsp3) is 0.467. The molecule has 0 spiro atoms. The van der Waals surface area contributed by atoms with Crippen LogP contribution >= 0.6 is 24.8 Å². The molecule has 27 heavy (non-hydrogen) atoms. The monoisotopic (exact) mass is 441 g/mol. The van der Waals surface area contributed by atoms with E-state index in [-0.39, 0.29) is 47.1 Å². The summed E-state index contributed by atoms with van der Waals surface area (Å²) in [6, 6.07) is 2.89. The molecule has 1 amide bonds. The summed E-state index contributed by atoms with van der Waals surface area (Å²) in [4.78, 5) is 17.6. The summed E-state index contributed by atoms with van der Waals surface area (Å²) in [5, 5.41) is 0. The number of nitrogens with zero attached hydrogens (tertiary/aromatic N) is 2. The first-order valence-corrected chi connectivity index (χ1v) is 9.59. The van der Waals surface area contributed by atoms with Gasteiger partial charge in [0, 0.05) is 31.5 Å². The third kappa shape index (κ3) is 6.13. The van der Waals surface area contributed by atoms with Gasteiger partial charge in [0.05, 0.1) is 23.3 Å². The molecule has 1 aliphatic rings. The van der Waals surface area contributed by atoms with Crippen LogP contribution in [-0.4, -0.2) is 52.8 Å². The lowest BCUT2D eigenvalue weighted by molar-refractivity contribution is 0.0999. The number of sulfone groups is 1. The number of guanidine groups is 1. The molecule has 0 radical (unpaired) electrons. The third-order valence-corrected chi connectivity index (χ3v) is 5.15. The van der Waals surface area contributed by atoms with Crippen LogP contribution in [0.4, 0.5) is 5.69 Å². The first-order valence-electron chi connectivity index (χ1n) is 7.70. The molecule has 0 unspecified atom stereocenters. The Bertz CT molecular complexity index is 805. The summed E-state index contributed by atoms with van der Waals surface area (Å²) in [5.74, 6) is -0.983. The van der Waals surface area contributed by atoms with Crippen molar-refractivity contribution in [1.29, 1.82) is 0 Å². The number of nitrogens with two attached hydrogens (primary N) is 3. The molecule has 1 saturated heterocycles. The predicted octanol–water partition coefficient (Wildman–Crippen LogP) is 0.283. The molecule has 1 aromatic carbocycles. The van der Waals surface area contributed by atoms with Crippen LogP contribution in [-0.2, 0) is 9.84 Å². The minimum atomic E-state index is -3.60. The SMILES string of the molecule is COc1cc(N2CCC(N)CC2)c(S(C)(=O)=O)cc1C(=O)N=C(N)N.Cl.Cl. The highest BCUT2D eigenvalue weighted by Crippen LogP contribution is 2.34. The molecule has 1 fully saturated rings. The van der Waals surface area contributed by atoms with Crippen LogP contribution in [0.3, 0.4) is 0 Å². The van der Waals surface area contributed by atoms with Gasteiger partial charge in [-0.3, -0.25) is 4.79 Å². The Labute approximate surface area is 171 Å². The first kappa shape index (κ1) is 25.2. The molecule has 9 nitrogen and oxygen atoms in total. The van der Waals surface area contributed by atoms with E-state index in [1.807, 2.05) is 4.90 Å². The number of aliphatic imine (C=N–C) groups is 1. The number of carbonyl (C=O) groups is 1. The second-order valence-electron chi connectivity index (χ2n) is 5.96. The maximum Gasteiger partial charge on any atom is 0.283 e. The Balaban J connectivity index is 0.00000338. The maximum atomic E-state index is 12.3. The summed E-state index contributed by atoms with van der Waals surface area (Å²) < 4.78 is 29.8. The van der Waals surface area contributed by atoms with Gasteiger partial charge in [-0.25, -0.2) is 8.42 Å². The van der Waals surface area contributed by atoms with Crippen molar-refractivity contribution in [3.63, 3.8) is 0 Å². The molecular formula is C15H25Cl2N5O4S. The average Bonchev–Trinajstić information content (AvgIpc) is 2.52. The van der Waals surface area contributed by atoms with E-state index in [1.165, 1.54) is 19.2 Å². The molecular weight excluding hydrogens is 417 g/mol. The van der Waals surface area contributed by atoms with Crippen LogP contribution in [0.25, 0.3) is 0 Å². The lowest BCUT2D eigenvalue weighted by Crippen LogP contribution is -2.40. The van der Waals surface area contributed by atoms with E-state index in [4.69, 9.17) is 21.9 Å². The molecule has 0 aliphatic carbocycles. The van der Waals surface area contributed by atoms with E-state index < -0.39 is 21.7 Å². The normalized spacial score (nSPS) is 14.6. The largest absolute Gasteiger partial charge is 0.496 e. The van der Waals surface area contributed by atoms with Crippen molar-refractivity contribution < 1.29 is 17.9 Å². The Hall–Kier alpha value is -1.75. The van der Waals surface area contributed by atoms with Crippen LogP contribution in [0.2, 0.25) is 0 Å². The Morgan fingerprint density at radius 2 is 1.78 bits per heavy atom. The van der Waals surface area contributed by atoms with Crippen molar-refractivity contribution in [3.8, 4) is 5.75 Å². The van der Waals surface area contributed by atoms with E-state index in [2.05, 4.69) is 4.99 Å². The van der Waals surface area contributed by atoms with Gasteiger partial charge in [0.25, 0.3) is 5.91 Å². The van der Waals surface area contributed by atoms with E-state index in [1.54, 1.807) is 0 Å². The number of anilines is 1. The number of rotatable bonds is 4. The molecule has 0 saturated carbocycles. The van der Waals surface area contributed by atoms with Crippen LogP contribution in [0, 0.1) is 0 Å². The van der Waals surface area contributed by atoms with Gasteiger partial charge in [-0.1, -0.05) is 0 Å². The molecule has 1 aromatic rings. The van der Waals surface area contributed by atoms with Crippen molar-refractivity contribution >= 4 is 52.2 Å². The zero-order chi connectivity index (χ0) is 18.8. The van der Waals surface area contributed by atoms with Gasteiger partial charge < -0.3 is 26.8 Å². The van der Waals surface area contributed by atoms with E-state index in [0.29, 0.717) is 18.8 Å². The van der Waals surface area contributed by atoms with E-state index >= 15 is 0 Å². The van der Waals surface area contributed by atoms with Crippen molar-refractivity contribution in [2.24, 2.45) is 22.2 Å². The lowest BCUT2D eigenvalue weighted by Gasteiger charge is -2.33. The zero-order valence-corrected chi connectivity index (χ0v) is 17.5. The number of hydrogen-bond acceptors (Lipinski definition) is 6. The zero-order valence-electron chi connectivity index (χ0n) is 15.0. The van der Waals surface area contributed by atoms with Crippen LogP contribution in [0.15, 0.2) is 22.0 Å². The highest BCUT2D eigenvalue weighted by molar-refractivity contribution is 7.90. The summed E-state index contributed by atoms with van der Waals surface area (Å²) in [5.41, 5.74) is 16.8. The van der Waals surface area contributed by atoms with E-state index in [9.17, 15) is 13.2 Å². The van der Waals surface area contributed by atoms with Gasteiger partial charge in [0.1, 0.15) is 5.75 Å². The molecule has 0 atom stereocenters.